The maximum absolute atomic E-state index is 13.0. The standard InChI is InChI=1S/C20H26ClNO4/c1-13(16(23)19(5,6)25)11-20(12-22,17(24)26-18(2,3)4)14-7-9-15(21)10-8-14/h7-10,13,25H,11H2,1-6H3/t13-,20+/m0/s1. The fourth-order valence-electron chi connectivity index (χ4n) is 2.73. The first-order chi connectivity index (χ1) is 11.7. The number of Topliss-reactive ketones (excluding diaryl/α,β-unsaturated/α-hetero) is 1. The first-order valence-electron chi connectivity index (χ1n) is 8.40. The summed E-state index contributed by atoms with van der Waals surface area (Å²) in [5, 5.41) is 20.4. The third kappa shape index (κ3) is 5.30. The number of benzene rings is 1. The molecule has 142 valence electrons. The monoisotopic (exact) mass is 379 g/mol. The van der Waals surface area contributed by atoms with E-state index in [-0.39, 0.29) is 6.42 Å². The lowest BCUT2D eigenvalue weighted by Gasteiger charge is -2.32. The number of ketones is 1. The largest absolute Gasteiger partial charge is 0.459 e. The molecule has 1 aromatic carbocycles. The smallest absolute Gasteiger partial charge is 0.331 e. The Morgan fingerprint density at radius 3 is 2.08 bits per heavy atom. The molecule has 0 aliphatic rings. The molecule has 0 aromatic heterocycles. The van der Waals surface area contributed by atoms with Crippen LogP contribution >= 0.6 is 11.6 Å². The summed E-state index contributed by atoms with van der Waals surface area (Å²) in [6.45, 7) is 9.49. The molecule has 1 N–H and O–H groups in total. The van der Waals surface area contributed by atoms with Crippen LogP contribution in [0.5, 0.6) is 0 Å². The predicted molar refractivity (Wildman–Crippen MR) is 99.7 cm³/mol. The van der Waals surface area contributed by atoms with Gasteiger partial charge in [0.15, 0.2) is 11.2 Å². The van der Waals surface area contributed by atoms with Crippen LogP contribution in [-0.2, 0) is 19.7 Å². The van der Waals surface area contributed by atoms with E-state index in [9.17, 15) is 20.0 Å². The average molecular weight is 380 g/mol. The Balaban J connectivity index is 3.41. The first kappa shape index (κ1) is 22.1. The fourth-order valence-corrected chi connectivity index (χ4v) is 2.86. The number of halogens is 1. The molecule has 0 saturated heterocycles. The van der Waals surface area contributed by atoms with Crippen molar-refractivity contribution in [3.8, 4) is 6.07 Å². The number of hydrogen-bond acceptors (Lipinski definition) is 5. The SMILES string of the molecule is C[C@@H](C[C@](C#N)(C(=O)OC(C)(C)C)c1ccc(Cl)cc1)C(=O)C(C)(C)O. The van der Waals surface area contributed by atoms with E-state index in [2.05, 4.69) is 6.07 Å². The molecule has 0 bridgehead atoms. The summed E-state index contributed by atoms with van der Waals surface area (Å²) in [6.07, 6.45) is -0.108. The Morgan fingerprint density at radius 2 is 1.69 bits per heavy atom. The lowest BCUT2D eigenvalue weighted by molar-refractivity contribution is -0.160. The molecule has 0 saturated carbocycles. The Bertz CT molecular complexity index is 707. The minimum Gasteiger partial charge on any atom is -0.459 e. The molecule has 0 aliphatic carbocycles. The maximum atomic E-state index is 13.0. The van der Waals surface area contributed by atoms with Gasteiger partial charge in [0.2, 0.25) is 0 Å². The third-order valence-electron chi connectivity index (χ3n) is 3.94. The summed E-state index contributed by atoms with van der Waals surface area (Å²) in [4.78, 5) is 25.4. The van der Waals surface area contributed by atoms with Crippen molar-refractivity contribution in [2.45, 2.75) is 64.6 Å². The van der Waals surface area contributed by atoms with E-state index in [1.807, 2.05) is 0 Å². The second kappa shape index (κ2) is 7.77. The van der Waals surface area contributed by atoms with Gasteiger partial charge in [-0.2, -0.15) is 5.26 Å². The van der Waals surface area contributed by atoms with Crippen molar-refractivity contribution in [2.24, 2.45) is 5.92 Å². The van der Waals surface area contributed by atoms with E-state index in [1.54, 1.807) is 52.0 Å². The van der Waals surface area contributed by atoms with Crippen LogP contribution in [0, 0.1) is 17.2 Å². The number of ether oxygens (including phenoxy) is 1. The highest BCUT2D eigenvalue weighted by Gasteiger charge is 2.47. The van der Waals surface area contributed by atoms with Gasteiger partial charge in [0.05, 0.1) is 6.07 Å². The van der Waals surface area contributed by atoms with E-state index >= 15 is 0 Å². The van der Waals surface area contributed by atoms with Gasteiger partial charge in [-0.3, -0.25) is 4.79 Å². The molecule has 0 heterocycles. The summed E-state index contributed by atoms with van der Waals surface area (Å²) in [7, 11) is 0. The van der Waals surface area contributed by atoms with E-state index in [0.29, 0.717) is 10.6 Å². The zero-order chi connectivity index (χ0) is 20.3. The predicted octanol–water partition coefficient (Wildman–Crippen LogP) is 3.81. The van der Waals surface area contributed by atoms with Gasteiger partial charge in [0.1, 0.15) is 11.2 Å². The highest BCUT2D eigenvalue weighted by atomic mass is 35.5. The number of carbonyl (C=O) groups excluding carboxylic acids is 2. The van der Waals surface area contributed by atoms with Crippen LogP contribution < -0.4 is 0 Å². The quantitative estimate of drug-likeness (QED) is 0.759. The Kier molecular flexibility index (Phi) is 6.62. The lowest BCUT2D eigenvalue weighted by Crippen LogP contribution is -2.44. The molecule has 0 aliphatic heterocycles. The van der Waals surface area contributed by atoms with Crippen LogP contribution in [0.2, 0.25) is 5.02 Å². The molecule has 0 amide bonds. The minimum absolute atomic E-state index is 0.108. The molecule has 26 heavy (non-hydrogen) atoms. The molecule has 1 aromatic rings. The van der Waals surface area contributed by atoms with Crippen LogP contribution in [0.1, 0.15) is 53.5 Å². The van der Waals surface area contributed by atoms with Crippen molar-refractivity contribution in [1.82, 2.24) is 0 Å². The molecule has 1 rings (SSSR count). The summed E-state index contributed by atoms with van der Waals surface area (Å²) in [6, 6.07) is 8.38. The molecule has 0 fully saturated rings. The van der Waals surface area contributed by atoms with Gasteiger partial charge in [-0.25, -0.2) is 4.79 Å². The number of esters is 1. The zero-order valence-corrected chi connectivity index (χ0v) is 16.8. The van der Waals surface area contributed by atoms with E-state index < -0.39 is 34.3 Å². The zero-order valence-electron chi connectivity index (χ0n) is 16.1. The van der Waals surface area contributed by atoms with Crippen molar-refractivity contribution < 1.29 is 19.4 Å². The van der Waals surface area contributed by atoms with Gasteiger partial charge in [-0.1, -0.05) is 30.7 Å². The van der Waals surface area contributed by atoms with Gasteiger partial charge in [-0.05, 0) is 58.7 Å². The maximum Gasteiger partial charge on any atom is 0.331 e. The molecule has 0 spiro atoms. The molecular formula is C20H26ClNO4. The van der Waals surface area contributed by atoms with Gasteiger partial charge in [0, 0.05) is 10.9 Å². The number of hydrogen-bond donors (Lipinski definition) is 1. The van der Waals surface area contributed by atoms with Crippen molar-refractivity contribution in [1.29, 1.82) is 5.26 Å². The lowest BCUT2D eigenvalue weighted by atomic mass is 9.72. The molecular weight excluding hydrogens is 354 g/mol. The molecule has 6 heteroatoms. The van der Waals surface area contributed by atoms with Crippen LogP contribution in [0.25, 0.3) is 0 Å². The molecule has 0 radical (unpaired) electrons. The van der Waals surface area contributed by atoms with Crippen LogP contribution in [0.15, 0.2) is 24.3 Å². The van der Waals surface area contributed by atoms with Gasteiger partial charge >= 0.3 is 5.97 Å². The summed E-state index contributed by atoms with van der Waals surface area (Å²) in [5.74, 6) is -1.92. The topological polar surface area (TPSA) is 87.4 Å². The first-order valence-corrected chi connectivity index (χ1v) is 8.78. The highest BCUT2D eigenvalue weighted by Crippen LogP contribution is 2.36. The Hall–Kier alpha value is -1.90. The summed E-state index contributed by atoms with van der Waals surface area (Å²) >= 11 is 5.92. The fraction of sp³-hybridized carbons (Fsp3) is 0.550. The normalized spacial score (nSPS) is 15.5. The van der Waals surface area contributed by atoms with E-state index in [0.717, 1.165) is 0 Å². The molecule has 5 nitrogen and oxygen atoms in total. The van der Waals surface area contributed by atoms with Crippen LogP contribution in [-0.4, -0.2) is 28.1 Å². The Labute approximate surface area is 159 Å². The summed E-state index contributed by atoms with van der Waals surface area (Å²) in [5.41, 5.74) is -3.64. The van der Waals surface area contributed by atoms with Gasteiger partial charge in [0.25, 0.3) is 0 Å². The van der Waals surface area contributed by atoms with Crippen LogP contribution in [0.4, 0.5) is 0 Å². The van der Waals surface area contributed by atoms with Crippen molar-refractivity contribution in [3.05, 3.63) is 34.9 Å². The van der Waals surface area contributed by atoms with Crippen molar-refractivity contribution in [2.75, 3.05) is 0 Å². The second-order valence-electron chi connectivity index (χ2n) is 8.05. The average Bonchev–Trinajstić information content (AvgIpc) is 2.50. The van der Waals surface area contributed by atoms with Crippen molar-refractivity contribution >= 4 is 23.4 Å². The highest BCUT2D eigenvalue weighted by molar-refractivity contribution is 6.30. The number of rotatable bonds is 6. The van der Waals surface area contributed by atoms with Crippen molar-refractivity contribution in [3.63, 3.8) is 0 Å². The van der Waals surface area contributed by atoms with Gasteiger partial charge < -0.3 is 9.84 Å². The van der Waals surface area contributed by atoms with Gasteiger partial charge in [-0.15, -0.1) is 0 Å². The van der Waals surface area contributed by atoms with E-state index in [4.69, 9.17) is 16.3 Å². The number of nitrogens with zero attached hydrogens (tertiary/aromatic N) is 1. The third-order valence-corrected chi connectivity index (χ3v) is 4.19. The van der Waals surface area contributed by atoms with E-state index in [1.165, 1.54) is 13.8 Å². The molecule has 2 atom stereocenters. The number of aliphatic hydroxyl groups is 1. The Morgan fingerprint density at radius 1 is 1.19 bits per heavy atom. The second-order valence-corrected chi connectivity index (χ2v) is 8.49. The van der Waals surface area contributed by atoms with Crippen LogP contribution in [0.3, 0.4) is 0 Å². The number of nitriles is 1. The number of carbonyl (C=O) groups is 2. The minimum atomic E-state index is -1.68. The molecule has 0 unspecified atom stereocenters. The summed E-state index contributed by atoms with van der Waals surface area (Å²) < 4.78 is 5.48.